The van der Waals surface area contributed by atoms with Crippen LogP contribution in [0.5, 0.6) is 0 Å². The van der Waals surface area contributed by atoms with Crippen molar-refractivity contribution in [1.29, 1.82) is 0 Å². The first-order valence-corrected chi connectivity index (χ1v) is 8.82. The number of nitrogens with one attached hydrogen (secondary N) is 1. The average Bonchev–Trinajstić information content (AvgIpc) is 2.87. The van der Waals surface area contributed by atoms with Gasteiger partial charge in [-0.1, -0.05) is 32.6 Å². The number of carboxylic acid groups (broad SMARTS) is 1. The van der Waals surface area contributed by atoms with Gasteiger partial charge in [0.25, 0.3) is 0 Å². The second-order valence-electron chi connectivity index (χ2n) is 5.31. The van der Waals surface area contributed by atoms with E-state index in [0.717, 1.165) is 19.3 Å². The Kier molecular flexibility index (Phi) is 6.45. The van der Waals surface area contributed by atoms with Crippen LogP contribution >= 0.6 is 0 Å². The van der Waals surface area contributed by atoms with Crippen LogP contribution in [0.15, 0.2) is 0 Å². The lowest BCUT2D eigenvalue weighted by Crippen LogP contribution is -2.44. The van der Waals surface area contributed by atoms with Gasteiger partial charge in [-0.2, -0.15) is 0 Å². The standard InChI is InChI=1S/C13H23NO5S/c1-2-3-8-11(13(16)17)14-12(15)9-20(18,19)10-6-4-5-7-10/h10-11H,2-9H2,1H3,(H,14,15)(H,16,17). The molecule has 0 bridgehead atoms. The van der Waals surface area contributed by atoms with Gasteiger partial charge in [0.1, 0.15) is 11.8 Å². The van der Waals surface area contributed by atoms with Gasteiger partial charge in [0.15, 0.2) is 9.84 Å². The van der Waals surface area contributed by atoms with E-state index in [9.17, 15) is 18.0 Å². The zero-order valence-electron chi connectivity index (χ0n) is 11.8. The molecule has 1 unspecified atom stereocenters. The maximum absolute atomic E-state index is 12.0. The zero-order valence-corrected chi connectivity index (χ0v) is 12.6. The predicted molar refractivity (Wildman–Crippen MR) is 75.1 cm³/mol. The molecule has 1 aliphatic carbocycles. The average molecular weight is 305 g/mol. The highest BCUT2D eigenvalue weighted by atomic mass is 32.2. The van der Waals surface area contributed by atoms with E-state index >= 15 is 0 Å². The molecule has 0 aromatic carbocycles. The number of hydrogen-bond acceptors (Lipinski definition) is 4. The molecular formula is C13H23NO5S. The molecule has 1 rings (SSSR count). The number of aliphatic carboxylic acids is 1. The van der Waals surface area contributed by atoms with Crippen LogP contribution in [0.3, 0.4) is 0 Å². The molecule has 0 radical (unpaired) electrons. The SMILES string of the molecule is CCCCC(NC(=O)CS(=O)(=O)C1CCCC1)C(=O)O. The van der Waals surface area contributed by atoms with Gasteiger partial charge >= 0.3 is 5.97 Å². The van der Waals surface area contributed by atoms with Crippen molar-refractivity contribution < 1.29 is 23.1 Å². The van der Waals surface area contributed by atoms with Crippen molar-refractivity contribution in [3.63, 3.8) is 0 Å². The molecule has 0 heterocycles. The fourth-order valence-electron chi connectivity index (χ4n) is 2.45. The van der Waals surface area contributed by atoms with Crippen molar-refractivity contribution in [3.8, 4) is 0 Å². The molecule has 0 aromatic rings. The first-order chi connectivity index (χ1) is 9.36. The third-order valence-electron chi connectivity index (χ3n) is 3.62. The van der Waals surface area contributed by atoms with Crippen molar-refractivity contribution >= 4 is 21.7 Å². The van der Waals surface area contributed by atoms with Gasteiger partial charge in [-0.25, -0.2) is 13.2 Å². The molecule has 0 aliphatic heterocycles. The number of rotatable bonds is 8. The molecule has 1 saturated carbocycles. The molecule has 1 aliphatic rings. The van der Waals surface area contributed by atoms with E-state index in [1.807, 2.05) is 6.92 Å². The van der Waals surface area contributed by atoms with Gasteiger partial charge in [-0.3, -0.25) is 4.79 Å². The van der Waals surface area contributed by atoms with Gasteiger partial charge < -0.3 is 10.4 Å². The lowest BCUT2D eigenvalue weighted by molar-refractivity contribution is -0.141. The van der Waals surface area contributed by atoms with Crippen LogP contribution in [0, 0.1) is 0 Å². The first-order valence-electron chi connectivity index (χ1n) is 7.10. The van der Waals surface area contributed by atoms with Gasteiger partial charge in [0.2, 0.25) is 5.91 Å². The monoisotopic (exact) mass is 305 g/mol. The summed E-state index contributed by atoms with van der Waals surface area (Å²) >= 11 is 0. The minimum absolute atomic E-state index is 0.320. The Bertz CT molecular complexity index is 440. The Labute approximate surface area is 119 Å². The third kappa shape index (κ3) is 5.11. The van der Waals surface area contributed by atoms with E-state index in [0.29, 0.717) is 25.7 Å². The largest absolute Gasteiger partial charge is 0.480 e. The highest BCUT2D eigenvalue weighted by Gasteiger charge is 2.31. The molecule has 0 spiro atoms. The first kappa shape index (κ1) is 16.9. The number of carbonyl (C=O) groups excluding carboxylic acids is 1. The molecular weight excluding hydrogens is 282 g/mol. The van der Waals surface area contributed by atoms with Crippen LogP contribution < -0.4 is 5.32 Å². The predicted octanol–water partition coefficient (Wildman–Crippen LogP) is 1.10. The summed E-state index contributed by atoms with van der Waals surface area (Å²) in [4.78, 5) is 22.7. The van der Waals surface area contributed by atoms with E-state index in [1.165, 1.54) is 0 Å². The van der Waals surface area contributed by atoms with Crippen LogP contribution in [0.4, 0.5) is 0 Å². The molecule has 1 fully saturated rings. The Hall–Kier alpha value is -1.11. The van der Waals surface area contributed by atoms with Crippen LogP contribution in [0.25, 0.3) is 0 Å². The maximum atomic E-state index is 12.0. The van der Waals surface area contributed by atoms with Crippen molar-refractivity contribution in [3.05, 3.63) is 0 Å². The molecule has 2 N–H and O–H groups in total. The lowest BCUT2D eigenvalue weighted by atomic mass is 10.1. The minimum atomic E-state index is -3.46. The van der Waals surface area contributed by atoms with Crippen molar-refractivity contribution in [1.82, 2.24) is 5.32 Å². The Morgan fingerprint density at radius 1 is 1.30 bits per heavy atom. The van der Waals surface area contributed by atoms with E-state index in [-0.39, 0.29) is 0 Å². The Morgan fingerprint density at radius 3 is 2.40 bits per heavy atom. The maximum Gasteiger partial charge on any atom is 0.326 e. The fraction of sp³-hybridized carbons (Fsp3) is 0.846. The van der Waals surface area contributed by atoms with E-state index < -0.39 is 38.8 Å². The van der Waals surface area contributed by atoms with Crippen LogP contribution in [0.2, 0.25) is 0 Å². The number of sulfone groups is 1. The molecule has 0 saturated heterocycles. The Morgan fingerprint density at radius 2 is 1.90 bits per heavy atom. The van der Waals surface area contributed by atoms with Crippen LogP contribution in [0.1, 0.15) is 51.9 Å². The topological polar surface area (TPSA) is 101 Å². The molecule has 1 amide bonds. The summed E-state index contributed by atoms with van der Waals surface area (Å²) in [5, 5.41) is 10.9. The summed E-state index contributed by atoms with van der Waals surface area (Å²) < 4.78 is 24.0. The number of amides is 1. The van der Waals surface area contributed by atoms with Crippen molar-refractivity contribution in [2.45, 2.75) is 63.2 Å². The summed E-state index contributed by atoms with van der Waals surface area (Å²) in [5.74, 6) is -2.43. The second-order valence-corrected chi connectivity index (χ2v) is 7.60. The van der Waals surface area contributed by atoms with Gasteiger partial charge in [-0.15, -0.1) is 0 Å². The number of carboxylic acids is 1. The lowest BCUT2D eigenvalue weighted by Gasteiger charge is -2.15. The highest BCUT2D eigenvalue weighted by molar-refractivity contribution is 7.92. The highest BCUT2D eigenvalue weighted by Crippen LogP contribution is 2.25. The summed E-state index contributed by atoms with van der Waals surface area (Å²) in [6.07, 6.45) is 4.77. The summed E-state index contributed by atoms with van der Waals surface area (Å²) in [7, 11) is -3.46. The minimum Gasteiger partial charge on any atom is -0.480 e. The van der Waals surface area contributed by atoms with E-state index in [1.54, 1.807) is 0 Å². The van der Waals surface area contributed by atoms with E-state index in [2.05, 4.69) is 5.32 Å². The van der Waals surface area contributed by atoms with Crippen LogP contribution in [-0.2, 0) is 19.4 Å². The third-order valence-corrected chi connectivity index (χ3v) is 5.77. The van der Waals surface area contributed by atoms with Crippen molar-refractivity contribution in [2.75, 3.05) is 5.75 Å². The molecule has 1 atom stereocenters. The smallest absolute Gasteiger partial charge is 0.326 e. The quantitative estimate of drug-likeness (QED) is 0.699. The van der Waals surface area contributed by atoms with Gasteiger partial charge in [0, 0.05) is 0 Å². The zero-order chi connectivity index (χ0) is 15.2. The molecule has 7 heteroatoms. The fourth-order valence-corrected chi connectivity index (χ4v) is 4.19. The second kappa shape index (κ2) is 7.61. The number of unbranched alkanes of at least 4 members (excludes halogenated alkanes) is 1. The molecule has 20 heavy (non-hydrogen) atoms. The summed E-state index contributed by atoms with van der Waals surface area (Å²) in [6, 6.07) is -0.999. The molecule has 0 aromatic heterocycles. The number of hydrogen-bond donors (Lipinski definition) is 2. The van der Waals surface area contributed by atoms with Crippen LogP contribution in [-0.4, -0.2) is 42.4 Å². The van der Waals surface area contributed by atoms with E-state index in [4.69, 9.17) is 5.11 Å². The Balaban J connectivity index is 2.54. The summed E-state index contributed by atoms with van der Waals surface area (Å²) in [5.41, 5.74) is 0. The summed E-state index contributed by atoms with van der Waals surface area (Å²) in [6.45, 7) is 1.92. The molecule has 116 valence electrons. The molecule has 6 nitrogen and oxygen atoms in total. The number of carbonyl (C=O) groups is 2. The van der Waals surface area contributed by atoms with Crippen molar-refractivity contribution in [2.24, 2.45) is 0 Å². The van der Waals surface area contributed by atoms with Gasteiger partial charge in [0.05, 0.1) is 5.25 Å². The van der Waals surface area contributed by atoms with Gasteiger partial charge in [-0.05, 0) is 19.3 Å². The normalized spacial score (nSPS) is 17.9.